The summed E-state index contributed by atoms with van der Waals surface area (Å²) in [5, 5.41) is 17.4. The number of nitriles is 1. The van der Waals surface area contributed by atoms with E-state index in [1.807, 2.05) is 0 Å². The summed E-state index contributed by atoms with van der Waals surface area (Å²) in [7, 11) is 0. The van der Waals surface area contributed by atoms with Gasteiger partial charge >= 0.3 is 18.2 Å². The van der Waals surface area contributed by atoms with Crippen molar-refractivity contribution in [3.63, 3.8) is 0 Å². The van der Waals surface area contributed by atoms with Crippen molar-refractivity contribution in [2.75, 3.05) is 44.5 Å². The largest absolute Gasteiger partial charge is 0.463 e. The Morgan fingerprint density at radius 1 is 0.877 bits per heavy atom. The van der Waals surface area contributed by atoms with Gasteiger partial charge in [0, 0.05) is 6.54 Å². The molecule has 4 aliphatic carbocycles. The molecule has 1 aliphatic heterocycles. The summed E-state index contributed by atoms with van der Waals surface area (Å²) >= 11 is 0. The first-order chi connectivity index (χ1) is 27.2. The number of esters is 1. The van der Waals surface area contributed by atoms with Crippen molar-refractivity contribution in [2.24, 2.45) is 23.2 Å². The molecule has 16 heteroatoms. The minimum absolute atomic E-state index is 0.0121. The summed E-state index contributed by atoms with van der Waals surface area (Å²) in [6.45, 7) is 5.33. The molecule has 3 aromatic rings. The van der Waals surface area contributed by atoms with Gasteiger partial charge in [0.25, 0.3) is 5.91 Å². The van der Waals surface area contributed by atoms with Crippen molar-refractivity contribution in [1.82, 2.24) is 19.9 Å². The van der Waals surface area contributed by atoms with Crippen molar-refractivity contribution in [3.8, 4) is 11.8 Å². The Labute approximate surface area is 329 Å². The average Bonchev–Trinajstić information content (AvgIpc) is 3.69. The number of aromatic nitrogens is 3. The van der Waals surface area contributed by atoms with Crippen molar-refractivity contribution in [1.29, 1.82) is 5.26 Å². The van der Waals surface area contributed by atoms with Gasteiger partial charge in [0.15, 0.2) is 0 Å². The second-order valence-corrected chi connectivity index (χ2v) is 16.3. The maximum Gasteiger partial charge on any atom is 0.417 e. The minimum atomic E-state index is -4.85. The number of benzene rings is 2. The number of hydrogen-bond donors (Lipinski definition) is 0. The van der Waals surface area contributed by atoms with Crippen LogP contribution in [0.15, 0.2) is 48.7 Å². The van der Waals surface area contributed by atoms with Crippen LogP contribution in [0.3, 0.4) is 0 Å². The van der Waals surface area contributed by atoms with E-state index in [9.17, 15) is 27.6 Å². The van der Waals surface area contributed by atoms with E-state index in [0.717, 1.165) is 34.8 Å². The molecule has 8 rings (SSSR count). The highest BCUT2D eigenvalue weighted by molar-refractivity contribution is 6.23. The summed E-state index contributed by atoms with van der Waals surface area (Å²) in [6, 6.07) is 10.5. The lowest BCUT2D eigenvalue weighted by Crippen LogP contribution is -2.47. The summed E-state index contributed by atoms with van der Waals surface area (Å²) in [6.07, 6.45) is 5.06. The molecule has 5 fully saturated rings. The van der Waals surface area contributed by atoms with E-state index >= 15 is 0 Å². The Hall–Kier alpha value is -4.85. The fraction of sp³-hybridized carbons (Fsp3) is 0.561. The van der Waals surface area contributed by atoms with E-state index in [1.54, 1.807) is 35.1 Å². The Morgan fingerprint density at radius 3 is 2.09 bits per heavy atom. The maximum atomic E-state index is 13.6. The molecule has 13 nitrogen and oxygen atoms in total. The average molecular weight is 793 g/mol. The van der Waals surface area contributed by atoms with Gasteiger partial charge in [0.2, 0.25) is 0 Å². The van der Waals surface area contributed by atoms with Crippen LogP contribution in [0.4, 0.5) is 23.7 Å². The Morgan fingerprint density at radius 2 is 1.47 bits per heavy atom. The van der Waals surface area contributed by atoms with E-state index in [1.165, 1.54) is 63.3 Å². The molecule has 304 valence electrons. The second kappa shape index (κ2) is 16.6. The standard InChI is InChI=1S/C41H47F3N6O7/c1-39(2)37(52)50(34-8-5-31(23-45)35(18-34)41(42,43)44)38(53)48(39)24-27-3-6-33(7-4-27)49-25-32(46-47-49)26-56-12-11-54-9-10-55-13-14-57-36(51)22-40-19-28-15-29(20-40)17-30(16-28)21-40/h3-8,18,25,28-30H,9-17,19-22,24,26H2,1-2H3. The number of imide groups is 1. The number of halogens is 3. The van der Waals surface area contributed by atoms with Crippen LogP contribution >= 0.6 is 0 Å². The van der Waals surface area contributed by atoms with E-state index in [2.05, 4.69) is 10.3 Å². The lowest BCUT2D eigenvalue weighted by molar-refractivity contribution is -0.153. The summed E-state index contributed by atoms with van der Waals surface area (Å²) in [5.74, 6) is 1.65. The first-order valence-corrected chi connectivity index (χ1v) is 19.4. The Balaban J connectivity index is 0.788. The summed E-state index contributed by atoms with van der Waals surface area (Å²) in [5.41, 5.74) is -1.32. The monoisotopic (exact) mass is 792 g/mol. The number of hydrogen-bond acceptors (Lipinski definition) is 10. The highest BCUT2D eigenvalue weighted by atomic mass is 19.4. The van der Waals surface area contributed by atoms with Crippen LogP contribution < -0.4 is 4.90 Å². The SMILES string of the molecule is CC1(C)C(=O)N(c2ccc(C#N)c(C(F)(F)F)c2)C(=O)N1Cc1ccc(-n2cc(COCCOCCOCCOC(=O)CC34CC5CC(CC(C5)C3)C4)nn2)cc1. The molecule has 1 aromatic heterocycles. The lowest BCUT2D eigenvalue weighted by Gasteiger charge is -2.56. The van der Waals surface area contributed by atoms with Gasteiger partial charge < -0.3 is 23.8 Å². The van der Waals surface area contributed by atoms with Gasteiger partial charge in [-0.05, 0) is 111 Å². The molecule has 1 saturated heterocycles. The van der Waals surface area contributed by atoms with Crippen LogP contribution in [-0.2, 0) is 47.9 Å². The molecule has 0 N–H and O–H groups in total. The molecule has 0 atom stereocenters. The predicted molar refractivity (Wildman–Crippen MR) is 197 cm³/mol. The fourth-order valence-electron chi connectivity index (χ4n) is 9.45. The normalized spacial score (nSPS) is 23.7. The highest BCUT2D eigenvalue weighted by Crippen LogP contribution is 2.61. The fourth-order valence-corrected chi connectivity index (χ4v) is 9.45. The quantitative estimate of drug-likeness (QED) is 0.0831. The van der Waals surface area contributed by atoms with E-state index < -0.39 is 34.8 Å². The highest BCUT2D eigenvalue weighted by Gasteiger charge is 2.53. The number of nitrogens with zero attached hydrogens (tertiary/aromatic N) is 6. The molecule has 0 radical (unpaired) electrons. The third-order valence-corrected chi connectivity index (χ3v) is 11.8. The minimum Gasteiger partial charge on any atom is -0.463 e. The van der Waals surface area contributed by atoms with E-state index in [-0.39, 0.29) is 36.8 Å². The van der Waals surface area contributed by atoms with Crippen LogP contribution in [0.5, 0.6) is 0 Å². The maximum absolute atomic E-state index is 13.6. The van der Waals surface area contributed by atoms with Gasteiger partial charge in [0.05, 0.1) is 80.8 Å². The van der Waals surface area contributed by atoms with Crippen LogP contribution in [0, 0.1) is 34.5 Å². The molecule has 2 heterocycles. The molecule has 57 heavy (non-hydrogen) atoms. The molecule has 0 unspecified atom stereocenters. The lowest BCUT2D eigenvalue weighted by atomic mass is 9.49. The zero-order chi connectivity index (χ0) is 40.4. The van der Waals surface area contributed by atoms with Crippen molar-refractivity contribution in [2.45, 2.75) is 83.7 Å². The smallest absolute Gasteiger partial charge is 0.417 e. The predicted octanol–water partition coefficient (Wildman–Crippen LogP) is 6.60. The van der Waals surface area contributed by atoms with Gasteiger partial charge in [-0.15, -0.1) is 5.10 Å². The number of amides is 3. The topological polar surface area (TPSA) is 149 Å². The van der Waals surface area contributed by atoms with Gasteiger partial charge in [-0.1, -0.05) is 17.3 Å². The number of carbonyl (C=O) groups is 3. The van der Waals surface area contributed by atoms with E-state index in [0.29, 0.717) is 62.5 Å². The zero-order valence-corrected chi connectivity index (χ0v) is 32.1. The van der Waals surface area contributed by atoms with Gasteiger partial charge in [-0.25, -0.2) is 14.4 Å². The van der Waals surface area contributed by atoms with Crippen LogP contribution in [-0.4, -0.2) is 83.0 Å². The third-order valence-electron chi connectivity index (χ3n) is 11.8. The molecule has 5 aliphatic rings. The van der Waals surface area contributed by atoms with Crippen LogP contribution in [0.25, 0.3) is 5.69 Å². The van der Waals surface area contributed by atoms with Crippen molar-refractivity contribution < 1.29 is 46.5 Å². The summed E-state index contributed by atoms with van der Waals surface area (Å²) < 4.78 is 64.7. The molecule has 4 saturated carbocycles. The molecule has 4 bridgehead atoms. The molecule has 3 amide bonds. The number of carbonyl (C=O) groups excluding carboxylic acids is 3. The number of rotatable bonds is 17. The molecule has 0 spiro atoms. The number of alkyl halides is 3. The Bertz CT molecular complexity index is 1960. The molecular weight excluding hydrogens is 745 g/mol. The van der Waals surface area contributed by atoms with Crippen LogP contribution in [0.2, 0.25) is 0 Å². The van der Waals surface area contributed by atoms with Gasteiger partial charge in [-0.3, -0.25) is 9.59 Å². The van der Waals surface area contributed by atoms with Crippen molar-refractivity contribution in [3.05, 3.63) is 71.0 Å². The van der Waals surface area contributed by atoms with Crippen molar-refractivity contribution >= 4 is 23.6 Å². The number of ether oxygens (including phenoxy) is 4. The first-order valence-electron chi connectivity index (χ1n) is 19.4. The summed E-state index contributed by atoms with van der Waals surface area (Å²) in [4.78, 5) is 41.4. The zero-order valence-electron chi connectivity index (χ0n) is 32.1. The van der Waals surface area contributed by atoms with E-state index in [4.69, 9.17) is 24.2 Å². The molecule has 2 aromatic carbocycles. The van der Waals surface area contributed by atoms with Gasteiger partial charge in [0.1, 0.15) is 17.8 Å². The molecular formula is C41H47F3N6O7. The first kappa shape index (κ1) is 40.4. The Kier molecular flexibility index (Phi) is 11.7. The second-order valence-electron chi connectivity index (χ2n) is 16.3. The van der Waals surface area contributed by atoms with Crippen LogP contribution in [0.1, 0.15) is 81.2 Å². The van der Waals surface area contributed by atoms with Gasteiger partial charge in [-0.2, -0.15) is 18.4 Å². The third kappa shape index (κ3) is 9.00. The number of urea groups is 1. The number of anilines is 1.